The van der Waals surface area contributed by atoms with Gasteiger partial charge >= 0.3 is 0 Å². The van der Waals surface area contributed by atoms with Crippen LogP contribution in [0.1, 0.15) is 63.4 Å². The molecule has 1 spiro atoms. The van der Waals surface area contributed by atoms with Crippen LogP contribution < -0.4 is 4.57 Å². The maximum Gasteiger partial charge on any atom is 0.224 e. The topological polar surface area (TPSA) is 16.8 Å². The number of aryl methyl sites for hydroxylation is 1. The lowest BCUT2D eigenvalue weighted by Gasteiger charge is -2.34. The smallest absolute Gasteiger partial charge is 0.224 e. The van der Waals surface area contributed by atoms with Gasteiger partial charge in [0.2, 0.25) is 11.2 Å². The predicted octanol–water partition coefficient (Wildman–Crippen LogP) is 7.03. The molecule has 1 unspecified atom stereocenters. The number of hydrogen-bond acceptors (Lipinski definition) is 1. The second-order valence-electron chi connectivity index (χ2n) is 11.0. The quantitative estimate of drug-likeness (QED) is 0.274. The molecule has 0 fully saturated rings. The van der Waals surface area contributed by atoms with Crippen LogP contribution in [-0.4, -0.2) is 4.98 Å². The number of hydrogen-bond donors (Lipinski definition) is 0. The number of aromatic nitrogens is 2. The zero-order chi connectivity index (χ0) is 22.9. The molecular weight excluding hydrogens is 400 g/mol. The van der Waals surface area contributed by atoms with E-state index in [1.165, 1.54) is 60.8 Å². The van der Waals surface area contributed by atoms with Gasteiger partial charge in [-0.2, -0.15) is 4.57 Å². The first kappa shape index (κ1) is 19.2. The highest BCUT2D eigenvalue weighted by Gasteiger charge is 2.56. The van der Waals surface area contributed by atoms with Crippen LogP contribution in [0.4, 0.5) is 0 Å². The summed E-state index contributed by atoms with van der Waals surface area (Å²) < 4.78 is 2.58. The minimum absolute atomic E-state index is 0.108. The van der Waals surface area contributed by atoms with Gasteiger partial charge < -0.3 is 0 Å². The molecule has 0 amide bonds. The molecule has 2 aromatic carbocycles. The Morgan fingerprint density at radius 2 is 1.73 bits per heavy atom. The lowest BCUT2D eigenvalue weighted by Crippen LogP contribution is -2.54. The maximum atomic E-state index is 4.98. The van der Waals surface area contributed by atoms with Crippen molar-refractivity contribution in [3.8, 4) is 11.3 Å². The van der Waals surface area contributed by atoms with Crippen molar-refractivity contribution in [3.05, 3.63) is 93.8 Å². The SMILES string of the molecule is CC1=CC2(CC(C)=C1C)c1cc3ccccc3c3c1-c1c4c(cc(C)nc4cc[n+]12)C3(C)C. The fraction of sp³-hybridized carbons (Fsp3) is 0.290. The van der Waals surface area contributed by atoms with Gasteiger partial charge in [0, 0.05) is 29.2 Å². The van der Waals surface area contributed by atoms with Gasteiger partial charge in [-0.05, 0) is 78.9 Å². The number of rotatable bonds is 0. The Hall–Kier alpha value is -3.26. The molecule has 3 heterocycles. The van der Waals surface area contributed by atoms with E-state index in [1.807, 2.05) is 0 Å². The summed E-state index contributed by atoms with van der Waals surface area (Å²) in [6.45, 7) is 13.8. The van der Waals surface area contributed by atoms with Crippen molar-refractivity contribution in [1.29, 1.82) is 0 Å². The Bertz CT molecular complexity index is 1650. The molecule has 1 atom stereocenters. The summed E-state index contributed by atoms with van der Waals surface area (Å²) in [6, 6.07) is 16.0. The summed E-state index contributed by atoms with van der Waals surface area (Å²) in [5.41, 5.74) is 13.4. The lowest BCUT2D eigenvalue weighted by atomic mass is 9.67. The summed E-state index contributed by atoms with van der Waals surface area (Å²) in [7, 11) is 0. The van der Waals surface area contributed by atoms with Gasteiger partial charge in [0.25, 0.3) is 0 Å². The normalized spacial score (nSPS) is 21.9. The summed E-state index contributed by atoms with van der Waals surface area (Å²) in [4.78, 5) is 4.98. The first-order valence-corrected chi connectivity index (χ1v) is 12.0. The van der Waals surface area contributed by atoms with E-state index in [-0.39, 0.29) is 11.0 Å². The molecule has 4 aromatic rings. The second-order valence-corrected chi connectivity index (χ2v) is 11.0. The summed E-state index contributed by atoms with van der Waals surface area (Å²) in [6.07, 6.45) is 5.85. The van der Waals surface area contributed by atoms with Gasteiger partial charge in [-0.15, -0.1) is 0 Å². The second kappa shape index (κ2) is 5.80. The maximum absolute atomic E-state index is 4.98. The number of benzene rings is 2. The van der Waals surface area contributed by atoms with Crippen LogP contribution in [-0.2, 0) is 11.0 Å². The van der Waals surface area contributed by atoms with Crippen molar-refractivity contribution in [3.63, 3.8) is 0 Å². The molecule has 2 aromatic heterocycles. The Morgan fingerprint density at radius 1 is 0.939 bits per heavy atom. The average Bonchev–Trinajstić information content (AvgIpc) is 3.03. The van der Waals surface area contributed by atoms with Crippen molar-refractivity contribution in [1.82, 2.24) is 4.98 Å². The van der Waals surface area contributed by atoms with Crippen molar-refractivity contribution in [2.45, 2.75) is 58.9 Å². The third-order valence-corrected chi connectivity index (χ3v) is 8.74. The molecular formula is C31H29N2+. The van der Waals surface area contributed by atoms with E-state index in [9.17, 15) is 0 Å². The highest BCUT2D eigenvalue weighted by atomic mass is 15.1. The van der Waals surface area contributed by atoms with Crippen LogP contribution in [0.3, 0.4) is 0 Å². The minimum Gasteiger partial charge on any atom is -0.253 e. The Balaban J connectivity index is 1.77. The van der Waals surface area contributed by atoms with Gasteiger partial charge in [-0.25, -0.2) is 0 Å². The number of pyridine rings is 2. The first-order chi connectivity index (χ1) is 15.7. The van der Waals surface area contributed by atoms with Gasteiger partial charge in [0.1, 0.15) is 0 Å². The molecule has 1 aliphatic heterocycles. The molecule has 2 aliphatic carbocycles. The standard InChI is InChI=1S/C31H29N2/c1-17-15-31(16-18(2)20(17)4)24-14-21-9-7-8-10-22(21)28-27(24)29-26-23(30(28,5)6)13-19(3)32-25(26)11-12-33(29)31/h7-15H,16H2,1-6H3/q+1. The van der Waals surface area contributed by atoms with Crippen molar-refractivity contribution >= 4 is 21.7 Å². The van der Waals surface area contributed by atoms with E-state index >= 15 is 0 Å². The number of fused-ring (bicyclic) bond motifs is 4. The van der Waals surface area contributed by atoms with Crippen LogP contribution >= 0.6 is 0 Å². The molecule has 0 saturated carbocycles. The fourth-order valence-corrected chi connectivity index (χ4v) is 7.04. The average molecular weight is 430 g/mol. The summed E-state index contributed by atoms with van der Waals surface area (Å²) in [5, 5.41) is 4.05. The highest BCUT2D eigenvalue weighted by molar-refractivity contribution is 6.06. The zero-order valence-corrected chi connectivity index (χ0v) is 20.3. The number of nitrogens with zero attached hydrogens (tertiary/aromatic N) is 2. The van der Waals surface area contributed by atoms with Crippen LogP contribution in [0, 0.1) is 6.92 Å². The molecule has 3 aliphatic rings. The summed E-state index contributed by atoms with van der Waals surface area (Å²) in [5.74, 6) is 0. The first-order valence-electron chi connectivity index (χ1n) is 12.0. The highest BCUT2D eigenvalue weighted by Crippen LogP contribution is 2.57. The zero-order valence-electron chi connectivity index (χ0n) is 20.3. The van der Waals surface area contributed by atoms with Crippen LogP contribution in [0.5, 0.6) is 0 Å². The molecule has 0 bridgehead atoms. The third kappa shape index (κ3) is 2.11. The minimum atomic E-state index is -0.187. The molecule has 2 heteroatoms. The third-order valence-electron chi connectivity index (χ3n) is 8.74. The van der Waals surface area contributed by atoms with Gasteiger partial charge in [0.05, 0.1) is 16.5 Å². The molecule has 162 valence electrons. The largest absolute Gasteiger partial charge is 0.253 e. The molecule has 0 N–H and O–H groups in total. The molecule has 2 nitrogen and oxygen atoms in total. The van der Waals surface area contributed by atoms with Crippen LogP contribution in [0.25, 0.3) is 32.9 Å². The lowest BCUT2D eigenvalue weighted by molar-refractivity contribution is -0.726. The molecule has 33 heavy (non-hydrogen) atoms. The monoisotopic (exact) mass is 429 g/mol. The van der Waals surface area contributed by atoms with Crippen molar-refractivity contribution in [2.24, 2.45) is 0 Å². The summed E-state index contributed by atoms with van der Waals surface area (Å²) >= 11 is 0. The Kier molecular flexibility index (Phi) is 3.38. The van der Waals surface area contributed by atoms with E-state index in [0.717, 1.165) is 17.6 Å². The van der Waals surface area contributed by atoms with E-state index in [0.29, 0.717) is 0 Å². The fourth-order valence-electron chi connectivity index (χ4n) is 7.04. The molecule has 7 rings (SSSR count). The van der Waals surface area contributed by atoms with E-state index < -0.39 is 0 Å². The molecule has 0 radical (unpaired) electrons. The number of allylic oxidation sites excluding steroid dienone is 4. The van der Waals surface area contributed by atoms with Crippen molar-refractivity contribution in [2.75, 3.05) is 0 Å². The Labute approximate surface area is 195 Å². The van der Waals surface area contributed by atoms with E-state index in [1.54, 1.807) is 0 Å². The Morgan fingerprint density at radius 3 is 2.52 bits per heavy atom. The van der Waals surface area contributed by atoms with Gasteiger partial charge in [0.15, 0.2) is 6.20 Å². The van der Waals surface area contributed by atoms with Gasteiger partial charge in [-0.1, -0.05) is 43.7 Å². The van der Waals surface area contributed by atoms with Crippen molar-refractivity contribution < 1.29 is 4.57 Å². The van der Waals surface area contributed by atoms with Gasteiger partial charge in [-0.3, -0.25) is 4.98 Å². The van der Waals surface area contributed by atoms with Crippen LogP contribution in [0.15, 0.2) is 71.5 Å². The van der Waals surface area contributed by atoms with E-state index in [4.69, 9.17) is 4.98 Å². The van der Waals surface area contributed by atoms with E-state index in [2.05, 4.69) is 101 Å². The predicted molar refractivity (Wildman–Crippen MR) is 136 cm³/mol. The molecule has 0 saturated heterocycles. The van der Waals surface area contributed by atoms with Crippen LogP contribution in [0.2, 0.25) is 0 Å².